The number of carbonyl (C=O) groups is 2. The summed E-state index contributed by atoms with van der Waals surface area (Å²) < 4.78 is 0. The highest BCUT2D eigenvalue weighted by molar-refractivity contribution is 6.31. The Kier molecular flexibility index (Phi) is 5.27. The van der Waals surface area contributed by atoms with E-state index in [-0.39, 0.29) is 24.2 Å². The number of hydrogen-bond donors (Lipinski definition) is 1. The molecule has 2 aromatic carbocycles. The lowest BCUT2D eigenvalue weighted by Gasteiger charge is -2.20. The third kappa shape index (κ3) is 3.72. The second kappa shape index (κ2) is 7.84. The minimum Gasteiger partial charge on any atom is -0.372 e. The van der Waals surface area contributed by atoms with Crippen molar-refractivity contribution in [3.63, 3.8) is 0 Å². The van der Waals surface area contributed by atoms with Gasteiger partial charge in [-0.2, -0.15) is 0 Å². The van der Waals surface area contributed by atoms with Gasteiger partial charge in [0.1, 0.15) is 0 Å². The van der Waals surface area contributed by atoms with E-state index in [0.29, 0.717) is 11.6 Å². The first kappa shape index (κ1) is 18.8. The number of hydrogen-bond acceptors (Lipinski definition) is 3. The first-order valence-electron chi connectivity index (χ1n) is 9.74. The molecule has 1 unspecified atom stereocenters. The maximum Gasteiger partial charge on any atom is 0.229 e. The first-order valence-corrected chi connectivity index (χ1v) is 10.1. The molecule has 0 saturated carbocycles. The van der Waals surface area contributed by atoms with Crippen molar-refractivity contribution in [2.24, 2.45) is 5.92 Å². The number of halogens is 1. The molecule has 28 heavy (non-hydrogen) atoms. The number of rotatable bonds is 4. The summed E-state index contributed by atoms with van der Waals surface area (Å²) in [6.07, 6.45) is 2.68. The van der Waals surface area contributed by atoms with E-state index in [9.17, 15) is 9.59 Å². The van der Waals surface area contributed by atoms with Gasteiger partial charge in [-0.1, -0.05) is 17.7 Å². The number of nitrogens with one attached hydrogen (secondary N) is 1. The van der Waals surface area contributed by atoms with Crippen molar-refractivity contribution >= 4 is 40.5 Å². The molecule has 0 bridgehead atoms. The van der Waals surface area contributed by atoms with Crippen molar-refractivity contribution in [2.45, 2.75) is 26.2 Å². The summed E-state index contributed by atoms with van der Waals surface area (Å²) in [5, 5.41) is 3.58. The molecule has 6 heteroatoms. The number of carbonyl (C=O) groups excluding carboxylic acids is 2. The van der Waals surface area contributed by atoms with Crippen molar-refractivity contribution in [1.29, 1.82) is 0 Å². The van der Waals surface area contributed by atoms with Crippen molar-refractivity contribution in [2.75, 3.05) is 34.8 Å². The molecule has 4 rings (SSSR count). The Labute approximate surface area is 170 Å². The lowest BCUT2D eigenvalue weighted by atomic mass is 10.1. The average molecular weight is 398 g/mol. The topological polar surface area (TPSA) is 52.7 Å². The van der Waals surface area contributed by atoms with Crippen LogP contribution in [0.1, 0.15) is 24.8 Å². The number of anilines is 3. The fourth-order valence-corrected chi connectivity index (χ4v) is 4.15. The molecule has 2 aliphatic heterocycles. The lowest BCUT2D eigenvalue weighted by Crippen LogP contribution is -2.28. The van der Waals surface area contributed by atoms with Gasteiger partial charge in [0.2, 0.25) is 11.8 Å². The molecule has 2 aliphatic rings. The van der Waals surface area contributed by atoms with Crippen LogP contribution in [0.5, 0.6) is 0 Å². The van der Waals surface area contributed by atoms with Crippen molar-refractivity contribution in [1.82, 2.24) is 0 Å². The van der Waals surface area contributed by atoms with E-state index in [0.717, 1.165) is 30.0 Å². The van der Waals surface area contributed by atoms with Gasteiger partial charge in [-0.15, -0.1) is 0 Å². The van der Waals surface area contributed by atoms with E-state index in [2.05, 4.69) is 10.2 Å². The molecular weight excluding hydrogens is 374 g/mol. The molecule has 2 saturated heterocycles. The second-order valence-electron chi connectivity index (χ2n) is 7.52. The monoisotopic (exact) mass is 397 g/mol. The van der Waals surface area contributed by atoms with Gasteiger partial charge in [0.25, 0.3) is 0 Å². The Morgan fingerprint density at radius 2 is 1.82 bits per heavy atom. The highest BCUT2D eigenvalue weighted by Crippen LogP contribution is 2.32. The van der Waals surface area contributed by atoms with Gasteiger partial charge < -0.3 is 15.1 Å². The predicted molar refractivity (Wildman–Crippen MR) is 113 cm³/mol. The number of nitrogens with zero attached hydrogens (tertiary/aromatic N) is 2. The third-order valence-electron chi connectivity index (χ3n) is 5.63. The van der Waals surface area contributed by atoms with Gasteiger partial charge in [-0.3, -0.25) is 9.59 Å². The molecule has 0 spiro atoms. The highest BCUT2D eigenvalue weighted by Gasteiger charge is 2.35. The zero-order valence-electron chi connectivity index (χ0n) is 16.0. The van der Waals surface area contributed by atoms with Crippen LogP contribution in [0.25, 0.3) is 0 Å². The van der Waals surface area contributed by atoms with Crippen LogP contribution in [0.3, 0.4) is 0 Å². The molecule has 2 amide bonds. The average Bonchev–Trinajstić information content (AvgIpc) is 3.35. The first-order chi connectivity index (χ1) is 13.5. The summed E-state index contributed by atoms with van der Waals surface area (Å²) in [5.74, 6) is -0.538. The summed E-state index contributed by atoms with van der Waals surface area (Å²) in [5.41, 5.74) is 3.59. The third-order valence-corrected chi connectivity index (χ3v) is 6.04. The maximum absolute atomic E-state index is 12.7. The Bertz CT molecular complexity index is 891. The summed E-state index contributed by atoms with van der Waals surface area (Å²) in [6, 6.07) is 13.5. The standard InChI is InChI=1S/C22H24ClN3O2/c1-15-19(23)5-4-6-20(15)26-14-16(13-21(26)27)22(28)24-17-7-9-18(10-8-17)25-11-2-3-12-25/h4-10,16H,2-3,11-14H2,1H3,(H,24,28). The molecule has 2 fully saturated rings. The van der Waals surface area contributed by atoms with Gasteiger partial charge in [0, 0.05) is 48.1 Å². The van der Waals surface area contributed by atoms with Crippen LogP contribution in [0.15, 0.2) is 42.5 Å². The fourth-order valence-electron chi connectivity index (χ4n) is 3.98. The minimum atomic E-state index is -0.371. The van der Waals surface area contributed by atoms with E-state index >= 15 is 0 Å². The van der Waals surface area contributed by atoms with Gasteiger partial charge >= 0.3 is 0 Å². The van der Waals surface area contributed by atoms with E-state index in [1.165, 1.54) is 18.5 Å². The summed E-state index contributed by atoms with van der Waals surface area (Å²) in [7, 11) is 0. The SMILES string of the molecule is Cc1c(Cl)cccc1N1CC(C(=O)Nc2ccc(N3CCCC3)cc2)CC1=O. The van der Waals surface area contributed by atoms with Gasteiger partial charge in [-0.05, 0) is 61.7 Å². The molecule has 0 aliphatic carbocycles. The molecule has 2 heterocycles. The molecule has 2 aromatic rings. The van der Waals surface area contributed by atoms with Crippen LogP contribution in [-0.2, 0) is 9.59 Å². The normalized spacial score (nSPS) is 19.4. The van der Waals surface area contributed by atoms with Gasteiger partial charge in [0.15, 0.2) is 0 Å². The largest absolute Gasteiger partial charge is 0.372 e. The lowest BCUT2D eigenvalue weighted by molar-refractivity contribution is -0.122. The number of amides is 2. The summed E-state index contributed by atoms with van der Waals surface area (Å²) in [6.45, 7) is 4.45. The predicted octanol–water partition coefficient (Wildman–Crippen LogP) is 4.24. The molecule has 0 aromatic heterocycles. The van der Waals surface area contributed by atoms with Crippen LogP contribution in [-0.4, -0.2) is 31.4 Å². The molecule has 0 radical (unpaired) electrons. The highest BCUT2D eigenvalue weighted by atomic mass is 35.5. The van der Waals surface area contributed by atoms with Crippen molar-refractivity contribution < 1.29 is 9.59 Å². The number of benzene rings is 2. The minimum absolute atomic E-state index is 0.0464. The van der Waals surface area contributed by atoms with Crippen LogP contribution in [0, 0.1) is 12.8 Å². The van der Waals surface area contributed by atoms with Gasteiger partial charge in [0.05, 0.1) is 5.92 Å². The van der Waals surface area contributed by atoms with Crippen molar-refractivity contribution in [3.8, 4) is 0 Å². The van der Waals surface area contributed by atoms with Crippen LogP contribution in [0.2, 0.25) is 5.02 Å². The van der Waals surface area contributed by atoms with E-state index < -0.39 is 0 Å². The fraction of sp³-hybridized carbons (Fsp3) is 0.364. The van der Waals surface area contributed by atoms with E-state index in [1.54, 1.807) is 11.0 Å². The van der Waals surface area contributed by atoms with Gasteiger partial charge in [-0.25, -0.2) is 0 Å². The Hall–Kier alpha value is -2.53. The molecule has 146 valence electrons. The van der Waals surface area contributed by atoms with E-state index in [1.807, 2.05) is 43.3 Å². The van der Waals surface area contributed by atoms with E-state index in [4.69, 9.17) is 11.6 Å². The molecular formula is C22H24ClN3O2. The zero-order chi connectivity index (χ0) is 19.7. The zero-order valence-corrected chi connectivity index (χ0v) is 16.7. The summed E-state index contributed by atoms with van der Waals surface area (Å²) in [4.78, 5) is 29.2. The van der Waals surface area contributed by atoms with Crippen molar-refractivity contribution in [3.05, 3.63) is 53.1 Å². The molecule has 5 nitrogen and oxygen atoms in total. The smallest absolute Gasteiger partial charge is 0.229 e. The Morgan fingerprint density at radius 1 is 1.11 bits per heavy atom. The second-order valence-corrected chi connectivity index (χ2v) is 7.93. The Balaban J connectivity index is 1.41. The summed E-state index contributed by atoms with van der Waals surface area (Å²) >= 11 is 6.19. The molecule has 1 N–H and O–H groups in total. The molecule has 1 atom stereocenters. The van der Waals surface area contributed by atoms with Crippen LogP contribution >= 0.6 is 11.6 Å². The van der Waals surface area contributed by atoms with Crippen LogP contribution in [0.4, 0.5) is 17.1 Å². The maximum atomic E-state index is 12.7. The van der Waals surface area contributed by atoms with Crippen LogP contribution < -0.4 is 15.1 Å². The quantitative estimate of drug-likeness (QED) is 0.839. The Morgan fingerprint density at radius 3 is 2.54 bits per heavy atom.